The molecule has 0 unspecified atom stereocenters. The van der Waals surface area contributed by atoms with Crippen molar-refractivity contribution >= 4 is 31.9 Å². The highest BCUT2D eigenvalue weighted by molar-refractivity contribution is 9.10. The Labute approximate surface area is 169 Å². The normalized spacial score (nSPS) is 12.4. The third-order valence-corrected chi connectivity index (χ3v) is 5.47. The van der Waals surface area contributed by atoms with Crippen LogP contribution in [0.1, 0.15) is 51.7 Å². The maximum absolute atomic E-state index is 6.50. The molecule has 0 heterocycles. The van der Waals surface area contributed by atoms with Crippen LogP contribution in [0.25, 0.3) is 0 Å². The maximum Gasteiger partial charge on any atom is 0.0637 e. The molecule has 2 rings (SSSR count). The number of halogens is 2. The van der Waals surface area contributed by atoms with E-state index in [-0.39, 0.29) is 11.2 Å². The molecule has 0 aliphatic carbocycles. The molecule has 0 saturated carbocycles. The van der Waals surface area contributed by atoms with E-state index >= 15 is 0 Å². The highest BCUT2D eigenvalue weighted by Crippen LogP contribution is 2.28. The topological polar surface area (TPSA) is 9.23 Å². The lowest BCUT2D eigenvalue weighted by Gasteiger charge is -2.36. The maximum atomic E-state index is 6.50. The van der Waals surface area contributed by atoms with E-state index in [4.69, 9.17) is 4.74 Å². The molecule has 0 amide bonds. The van der Waals surface area contributed by atoms with Crippen LogP contribution < -0.4 is 0 Å². The van der Waals surface area contributed by atoms with Crippen LogP contribution in [-0.4, -0.2) is 11.2 Å². The van der Waals surface area contributed by atoms with E-state index in [0.717, 1.165) is 34.6 Å². The molecule has 2 aromatic carbocycles. The molecule has 1 nitrogen and oxygen atoms in total. The second-order valence-electron chi connectivity index (χ2n) is 7.87. The van der Waals surface area contributed by atoms with Gasteiger partial charge in [0, 0.05) is 8.95 Å². The first-order valence-corrected chi connectivity index (χ1v) is 10.4. The average Bonchev–Trinajstić information content (AvgIpc) is 2.53. The van der Waals surface area contributed by atoms with E-state index in [9.17, 15) is 0 Å². The van der Waals surface area contributed by atoms with Crippen LogP contribution >= 0.6 is 31.9 Å². The highest BCUT2D eigenvalue weighted by atomic mass is 79.9. The predicted octanol–water partition coefficient (Wildman–Crippen LogP) is 7.35. The Balaban J connectivity index is 1.85. The third-order valence-electron chi connectivity index (χ3n) is 4.41. The van der Waals surface area contributed by atoms with E-state index < -0.39 is 0 Å². The van der Waals surface area contributed by atoms with Crippen LogP contribution in [0.3, 0.4) is 0 Å². The Kier molecular flexibility index (Phi) is 7.30. The van der Waals surface area contributed by atoms with Crippen molar-refractivity contribution in [1.82, 2.24) is 0 Å². The van der Waals surface area contributed by atoms with Gasteiger partial charge in [0.05, 0.1) is 11.2 Å². The summed E-state index contributed by atoms with van der Waals surface area (Å²) in [6, 6.07) is 17.1. The van der Waals surface area contributed by atoms with Crippen molar-refractivity contribution in [2.75, 3.05) is 0 Å². The van der Waals surface area contributed by atoms with Gasteiger partial charge >= 0.3 is 0 Å². The minimum atomic E-state index is -0.143. The van der Waals surface area contributed by atoms with Crippen molar-refractivity contribution in [3.05, 3.63) is 68.6 Å². The van der Waals surface area contributed by atoms with Crippen molar-refractivity contribution in [1.29, 1.82) is 0 Å². The van der Waals surface area contributed by atoms with Gasteiger partial charge in [0.2, 0.25) is 0 Å². The Hall–Kier alpha value is -0.640. The van der Waals surface area contributed by atoms with Crippen molar-refractivity contribution in [3.63, 3.8) is 0 Å². The highest BCUT2D eigenvalue weighted by Gasteiger charge is 2.28. The SMILES string of the molecule is CC(C)(CCc1ccc(Br)cc1)OC(C)(C)CCc1ccc(Br)cc1. The molecular weight excluding hydrogens is 440 g/mol. The number of aryl methyl sites for hydroxylation is 2. The van der Waals surface area contributed by atoms with Crippen molar-refractivity contribution in [2.45, 2.75) is 64.6 Å². The van der Waals surface area contributed by atoms with Gasteiger partial charge < -0.3 is 4.74 Å². The van der Waals surface area contributed by atoms with Gasteiger partial charge in [-0.1, -0.05) is 56.1 Å². The molecule has 0 fully saturated rings. The minimum absolute atomic E-state index is 0.143. The predicted molar refractivity (Wildman–Crippen MR) is 114 cm³/mol. The fourth-order valence-electron chi connectivity index (χ4n) is 3.04. The molecule has 0 bridgehead atoms. The molecule has 0 aliphatic heterocycles. The summed E-state index contributed by atoms with van der Waals surface area (Å²) in [4.78, 5) is 0. The summed E-state index contributed by atoms with van der Waals surface area (Å²) in [7, 11) is 0. The second-order valence-corrected chi connectivity index (χ2v) is 9.71. The summed E-state index contributed by atoms with van der Waals surface area (Å²) >= 11 is 6.98. The first kappa shape index (κ1) is 20.7. The Morgan fingerprint density at radius 1 is 0.640 bits per heavy atom. The third kappa shape index (κ3) is 7.64. The molecule has 0 atom stereocenters. The van der Waals surface area contributed by atoms with Gasteiger partial charge in [0.15, 0.2) is 0 Å². The van der Waals surface area contributed by atoms with Crippen LogP contribution in [0.4, 0.5) is 0 Å². The largest absolute Gasteiger partial charge is 0.370 e. The van der Waals surface area contributed by atoms with Crippen LogP contribution in [0.5, 0.6) is 0 Å². The Morgan fingerprint density at radius 3 is 1.28 bits per heavy atom. The molecule has 3 heteroatoms. The molecule has 0 aromatic heterocycles. The van der Waals surface area contributed by atoms with Gasteiger partial charge in [0.25, 0.3) is 0 Å². The smallest absolute Gasteiger partial charge is 0.0637 e. The van der Waals surface area contributed by atoms with E-state index in [1.807, 2.05) is 0 Å². The summed E-state index contributed by atoms with van der Waals surface area (Å²) in [6.45, 7) is 8.81. The molecule has 0 N–H and O–H groups in total. The molecule has 25 heavy (non-hydrogen) atoms. The van der Waals surface area contributed by atoms with Crippen LogP contribution in [0.15, 0.2) is 57.5 Å². The Morgan fingerprint density at radius 2 is 0.960 bits per heavy atom. The van der Waals surface area contributed by atoms with E-state index in [1.54, 1.807) is 0 Å². The zero-order chi connectivity index (χ0) is 18.5. The zero-order valence-electron chi connectivity index (χ0n) is 15.6. The summed E-state index contributed by atoms with van der Waals surface area (Å²) in [6.07, 6.45) is 4.08. The van der Waals surface area contributed by atoms with E-state index in [1.165, 1.54) is 11.1 Å². The lowest BCUT2D eigenvalue weighted by Crippen LogP contribution is -2.37. The monoisotopic (exact) mass is 466 g/mol. The van der Waals surface area contributed by atoms with E-state index in [2.05, 4.69) is 108 Å². The molecule has 2 aromatic rings. The van der Waals surface area contributed by atoms with Crippen LogP contribution in [0, 0.1) is 0 Å². The van der Waals surface area contributed by atoms with Crippen LogP contribution in [-0.2, 0) is 17.6 Å². The van der Waals surface area contributed by atoms with Gasteiger partial charge in [-0.25, -0.2) is 0 Å². The van der Waals surface area contributed by atoms with Gasteiger partial charge in [-0.2, -0.15) is 0 Å². The Bertz CT molecular complexity index is 598. The molecular formula is C22H28Br2O. The van der Waals surface area contributed by atoms with Crippen molar-refractivity contribution < 1.29 is 4.74 Å². The minimum Gasteiger partial charge on any atom is -0.370 e. The van der Waals surface area contributed by atoms with Gasteiger partial charge in [-0.05, 0) is 88.8 Å². The van der Waals surface area contributed by atoms with E-state index in [0.29, 0.717) is 0 Å². The molecule has 0 spiro atoms. The standard InChI is InChI=1S/C22H28Br2O/c1-21(2,15-13-17-5-9-19(23)10-6-17)25-22(3,4)16-14-18-7-11-20(24)12-8-18/h5-12H,13-16H2,1-4H3. The quantitative estimate of drug-likeness (QED) is 0.394. The number of ether oxygens (including phenoxy) is 1. The van der Waals surface area contributed by atoms with Crippen molar-refractivity contribution in [2.24, 2.45) is 0 Å². The molecule has 0 saturated heterocycles. The number of benzene rings is 2. The molecule has 0 radical (unpaired) electrons. The first-order valence-electron chi connectivity index (χ1n) is 8.84. The van der Waals surface area contributed by atoms with Crippen LogP contribution in [0.2, 0.25) is 0 Å². The summed E-state index contributed by atoms with van der Waals surface area (Å²) in [5.41, 5.74) is 2.42. The lowest BCUT2D eigenvalue weighted by molar-refractivity contribution is -0.128. The summed E-state index contributed by atoms with van der Waals surface area (Å²) < 4.78 is 8.75. The lowest BCUT2D eigenvalue weighted by atomic mass is 9.94. The zero-order valence-corrected chi connectivity index (χ0v) is 18.8. The molecule has 136 valence electrons. The second kappa shape index (κ2) is 8.83. The number of hydrogen-bond donors (Lipinski definition) is 0. The fourth-order valence-corrected chi connectivity index (χ4v) is 3.57. The fraction of sp³-hybridized carbons (Fsp3) is 0.455. The van der Waals surface area contributed by atoms with Gasteiger partial charge in [-0.15, -0.1) is 0 Å². The number of hydrogen-bond acceptors (Lipinski definition) is 1. The summed E-state index contributed by atoms with van der Waals surface area (Å²) in [5, 5.41) is 0. The summed E-state index contributed by atoms with van der Waals surface area (Å²) in [5.74, 6) is 0. The van der Waals surface area contributed by atoms with Crippen molar-refractivity contribution in [3.8, 4) is 0 Å². The first-order chi connectivity index (χ1) is 11.7. The van der Waals surface area contributed by atoms with Gasteiger partial charge in [0.1, 0.15) is 0 Å². The number of rotatable bonds is 8. The average molecular weight is 468 g/mol. The molecule has 0 aliphatic rings. The van der Waals surface area contributed by atoms with Gasteiger partial charge in [-0.3, -0.25) is 0 Å².